The van der Waals surface area contributed by atoms with Gasteiger partial charge in [-0.25, -0.2) is 3.11 Å². The van der Waals surface area contributed by atoms with Crippen LogP contribution in [0.15, 0.2) is 0 Å². The van der Waals surface area contributed by atoms with Crippen LogP contribution >= 0.6 is 35.8 Å². The molecule has 1 rings (SSSR count). The Morgan fingerprint density at radius 2 is 2.06 bits per heavy atom. The molecule has 0 spiro atoms. The maximum absolute atomic E-state index is 11.4. The molecular formula is C10H20IN3O2S. The minimum atomic E-state index is 0.0999. The molecule has 0 saturated carbocycles. The minimum Gasteiger partial charge on any atom is -0.355 e. The van der Waals surface area contributed by atoms with Crippen LogP contribution < -0.4 is 5.32 Å². The summed E-state index contributed by atoms with van der Waals surface area (Å²) in [5, 5.41) is 2.92. The van der Waals surface area contributed by atoms with Crippen molar-refractivity contribution in [3.63, 3.8) is 0 Å². The highest BCUT2D eigenvalue weighted by molar-refractivity contribution is 14.1. The molecule has 0 unspecified atom stereocenters. The lowest BCUT2D eigenvalue weighted by Gasteiger charge is -2.30. The van der Waals surface area contributed by atoms with Crippen LogP contribution in [-0.4, -0.2) is 59.8 Å². The molecule has 1 aliphatic rings. The highest BCUT2D eigenvalue weighted by Crippen LogP contribution is 2.05. The number of piperazine rings is 1. The third-order valence-electron chi connectivity index (χ3n) is 2.71. The Morgan fingerprint density at radius 1 is 1.35 bits per heavy atom. The van der Waals surface area contributed by atoms with Crippen LogP contribution in [0.2, 0.25) is 0 Å². The Balaban J connectivity index is 1.97. The van der Waals surface area contributed by atoms with Crippen LogP contribution in [0.3, 0.4) is 0 Å². The number of thiol groups is 1. The average molecular weight is 373 g/mol. The van der Waals surface area contributed by atoms with E-state index in [4.69, 9.17) is 0 Å². The molecule has 17 heavy (non-hydrogen) atoms. The van der Waals surface area contributed by atoms with Gasteiger partial charge in [-0.2, -0.15) is 0 Å². The second-order valence-electron chi connectivity index (χ2n) is 4.04. The molecule has 1 fully saturated rings. The van der Waals surface area contributed by atoms with E-state index < -0.39 is 0 Å². The molecule has 1 N–H and O–H groups in total. The zero-order valence-electron chi connectivity index (χ0n) is 9.90. The number of carbonyl (C=O) groups excluding carboxylic acids is 1. The summed E-state index contributed by atoms with van der Waals surface area (Å²) in [4.78, 5) is 13.8. The largest absolute Gasteiger partial charge is 0.355 e. The molecule has 0 radical (unpaired) electrons. The number of halogens is 1. The van der Waals surface area contributed by atoms with E-state index in [9.17, 15) is 4.79 Å². The second-order valence-corrected chi connectivity index (χ2v) is 5.66. The maximum atomic E-state index is 11.4. The normalized spacial score (nSPS) is 18.2. The summed E-state index contributed by atoms with van der Waals surface area (Å²) >= 11 is 5.98. The van der Waals surface area contributed by atoms with Gasteiger partial charge in [-0.1, -0.05) is 0 Å². The molecule has 5 nitrogen and oxygen atoms in total. The van der Waals surface area contributed by atoms with Gasteiger partial charge in [0.15, 0.2) is 0 Å². The third kappa shape index (κ3) is 7.45. The summed E-state index contributed by atoms with van der Waals surface area (Å²) in [6, 6.07) is 0. The second kappa shape index (κ2) is 9.37. The van der Waals surface area contributed by atoms with Crippen LogP contribution in [0.25, 0.3) is 0 Å². The van der Waals surface area contributed by atoms with E-state index in [2.05, 4.69) is 53.3 Å². The van der Waals surface area contributed by atoms with Gasteiger partial charge in [0.25, 0.3) is 0 Å². The van der Waals surface area contributed by atoms with Crippen LogP contribution in [0.5, 0.6) is 0 Å². The number of nitrogens with one attached hydrogen (secondary N) is 1. The first-order valence-electron chi connectivity index (χ1n) is 5.88. The average Bonchev–Trinajstić information content (AvgIpc) is 2.32. The summed E-state index contributed by atoms with van der Waals surface area (Å²) in [6.07, 6.45) is 1.24. The van der Waals surface area contributed by atoms with E-state index in [0.717, 1.165) is 45.7 Å². The summed E-state index contributed by atoms with van der Waals surface area (Å²) in [5.74, 6) is 0.0999. The Bertz CT molecular complexity index is 226. The van der Waals surface area contributed by atoms with Crippen molar-refractivity contribution in [2.45, 2.75) is 12.8 Å². The molecule has 0 aromatic heterocycles. The lowest BCUT2D eigenvalue weighted by Crippen LogP contribution is -2.45. The molecule has 0 aliphatic carbocycles. The fourth-order valence-electron chi connectivity index (χ4n) is 1.69. The number of nitrogens with zero attached hydrogens (tertiary/aromatic N) is 2. The summed E-state index contributed by atoms with van der Waals surface area (Å²) in [6.45, 7) is 6.59. The summed E-state index contributed by atoms with van der Waals surface area (Å²) < 4.78 is 6.90. The van der Waals surface area contributed by atoms with Crippen LogP contribution in [0.4, 0.5) is 0 Å². The van der Waals surface area contributed by atoms with E-state index >= 15 is 0 Å². The highest BCUT2D eigenvalue weighted by Gasteiger charge is 2.14. The van der Waals surface area contributed by atoms with E-state index in [0.29, 0.717) is 13.0 Å². The van der Waals surface area contributed by atoms with E-state index in [-0.39, 0.29) is 5.91 Å². The van der Waals surface area contributed by atoms with Gasteiger partial charge < -0.3 is 9.50 Å². The number of carbonyl (C=O) groups is 1. The molecule has 0 bridgehead atoms. The maximum Gasteiger partial charge on any atom is 0.220 e. The van der Waals surface area contributed by atoms with Gasteiger partial charge in [0.1, 0.15) is 0 Å². The standard InChI is InChI=1S/C10H20IN3O2S/c11-14-7-5-13(6-8-14)4-3-12-10(15)2-1-9-16-17/h17H,1-9H2,(H,12,15). The van der Waals surface area contributed by atoms with E-state index in [1.165, 1.54) is 0 Å². The lowest BCUT2D eigenvalue weighted by molar-refractivity contribution is -0.121. The molecule has 1 saturated heterocycles. The van der Waals surface area contributed by atoms with Crippen LogP contribution in [-0.2, 0) is 8.98 Å². The van der Waals surface area contributed by atoms with Crippen molar-refractivity contribution in [2.75, 3.05) is 45.9 Å². The smallest absolute Gasteiger partial charge is 0.220 e. The van der Waals surface area contributed by atoms with E-state index in [1.54, 1.807) is 0 Å². The van der Waals surface area contributed by atoms with Gasteiger partial charge >= 0.3 is 0 Å². The predicted molar refractivity (Wildman–Crippen MR) is 79.2 cm³/mol. The molecule has 1 heterocycles. The lowest BCUT2D eigenvalue weighted by atomic mass is 10.3. The van der Waals surface area contributed by atoms with Gasteiger partial charge in [-0.3, -0.25) is 9.69 Å². The third-order valence-corrected chi connectivity index (χ3v) is 3.85. The monoisotopic (exact) mass is 373 g/mol. The minimum absolute atomic E-state index is 0.0999. The predicted octanol–water partition coefficient (Wildman–Crippen LogP) is 0.712. The number of hydrogen-bond donors (Lipinski definition) is 2. The van der Waals surface area contributed by atoms with Crippen molar-refractivity contribution in [1.29, 1.82) is 0 Å². The van der Waals surface area contributed by atoms with Crippen LogP contribution in [0.1, 0.15) is 12.8 Å². The van der Waals surface area contributed by atoms with Crippen molar-refractivity contribution >= 4 is 41.7 Å². The van der Waals surface area contributed by atoms with Gasteiger partial charge in [0, 0.05) is 68.6 Å². The van der Waals surface area contributed by atoms with Gasteiger partial charge in [0.2, 0.25) is 5.91 Å². The Hall–Kier alpha value is 0.430. The molecule has 0 aromatic rings. The Labute approximate surface area is 122 Å². The van der Waals surface area contributed by atoms with E-state index in [1.807, 2.05) is 0 Å². The van der Waals surface area contributed by atoms with Gasteiger partial charge in [-0.15, -0.1) is 0 Å². The quantitative estimate of drug-likeness (QED) is 0.227. The zero-order valence-corrected chi connectivity index (χ0v) is 13.0. The molecule has 7 heteroatoms. The molecule has 100 valence electrons. The molecule has 0 aromatic carbocycles. The first-order chi connectivity index (χ1) is 8.22. The first-order valence-corrected chi connectivity index (χ1v) is 7.21. The van der Waals surface area contributed by atoms with Crippen molar-refractivity contribution < 1.29 is 8.98 Å². The SMILES string of the molecule is O=C(CCCOS)NCCN1CCN(I)CC1. The topological polar surface area (TPSA) is 44.8 Å². The van der Waals surface area contributed by atoms with Crippen molar-refractivity contribution in [1.82, 2.24) is 13.3 Å². The molecule has 1 aliphatic heterocycles. The molecule has 1 amide bonds. The fraction of sp³-hybridized carbons (Fsp3) is 0.900. The van der Waals surface area contributed by atoms with Crippen molar-refractivity contribution in [2.24, 2.45) is 0 Å². The molecular weight excluding hydrogens is 353 g/mol. The number of rotatable bonds is 7. The van der Waals surface area contributed by atoms with Crippen LogP contribution in [0, 0.1) is 0 Å². The highest BCUT2D eigenvalue weighted by atomic mass is 127. The molecule has 0 atom stereocenters. The first kappa shape index (κ1) is 15.5. The number of hydrogen-bond acceptors (Lipinski definition) is 5. The number of amides is 1. The van der Waals surface area contributed by atoms with Crippen molar-refractivity contribution in [3.05, 3.63) is 0 Å². The summed E-state index contributed by atoms with van der Waals surface area (Å²) in [5.41, 5.74) is 0. The zero-order chi connectivity index (χ0) is 12.5. The fourth-order valence-corrected chi connectivity index (χ4v) is 2.25. The Kier molecular flexibility index (Phi) is 8.54. The van der Waals surface area contributed by atoms with Crippen molar-refractivity contribution in [3.8, 4) is 0 Å². The van der Waals surface area contributed by atoms with Gasteiger partial charge in [-0.05, 0) is 19.3 Å². The summed E-state index contributed by atoms with van der Waals surface area (Å²) in [7, 11) is 0. The Morgan fingerprint density at radius 3 is 2.71 bits per heavy atom. The van der Waals surface area contributed by atoms with Gasteiger partial charge in [0.05, 0.1) is 6.61 Å².